The van der Waals surface area contributed by atoms with Crippen molar-refractivity contribution in [1.29, 1.82) is 5.41 Å². The van der Waals surface area contributed by atoms with Crippen molar-refractivity contribution < 1.29 is 13.5 Å². The largest absolute Gasteiger partial charge is 0.489 e. The summed E-state index contributed by atoms with van der Waals surface area (Å²) in [5, 5.41) is 7.42. The molecule has 2 rings (SSSR count). The molecule has 3 N–H and O–H groups in total. The van der Waals surface area contributed by atoms with Crippen molar-refractivity contribution in [3.8, 4) is 5.75 Å². The molecule has 0 amide bonds. The summed E-state index contributed by atoms with van der Waals surface area (Å²) in [4.78, 5) is 0. The van der Waals surface area contributed by atoms with E-state index in [1.807, 2.05) is 0 Å². The van der Waals surface area contributed by atoms with E-state index in [2.05, 4.69) is 0 Å². The number of aryl methyl sites for hydroxylation is 1. The molecular formula is C15H14F2N2O. The zero-order valence-electron chi connectivity index (χ0n) is 10.9. The van der Waals surface area contributed by atoms with Crippen molar-refractivity contribution in [1.82, 2.24) is 0 Å². The predicted octanol–water partition coefficient (Wildman–Crippen LogP) is 3.14. The first-order valence-corrected chi connectivity index (χ1v) is 5.99. The molecule has 20 heavy (non-hydrogen) atoms. The van der Waals surface area contributed by atoms with Crippen LogP contribution in [0, 0.1) is 24.0 Å². The van der Waals surface area contributed by atoms with Gasteiger partial charge in [0.25, 0.3) is 0 Å². The van der Waals surface area contributed by atoms with Crippen LogP contribution < -0.4 is 10.5 Å². The van der Waals surface area contributed by atoms with Gasteiger partial charge in [0.2, 0.25) is 0 Å². The molecule has 0 aliphatic rings. The zero-order valence-corrected chi connectivity index (χ0v) is 10.9. The number of nitrogens with two attached hydrogens (primary N) is 1. The van der Waals surface area contributed by atoms with E-state index in [1.54, 1.807) is 13.0 Å². The highest BCUT2D eigenvalue weighted by atomic mass is 19.1. The van der Waals surface area contributed by atoms with Gasteiger partial charge in [0.1, 0.15) is 29.8 Å². The number of benzene rings is 2. The van der Waals surface area contributed by atoms with E-state index in [0.717, 1.165) is 0 Å². The standard InChI is InChI=1S/C15H14F2N2O/c1-9-6-12(4-5-14(9)17)20-8-10-2-3-11(16)7-13(10)15(18)19/h2-7H,8H2,1H3,(H3,18,19). The number of ether oxygens (including phenoxy) is 1. The summed E-state index contributed by atoms with van der Waals surface area (Å²) in [5.74, 6) is -0.485. The average Bonchev–Trinajstić information content (AvgIpc) is 2.41. The summed E-state index contributed by atoms with van der Waals surface area (Å²) in [6, 6.07) is 8.40. The van der Waals surface area contributed by atoms with Crippen LogP contribution in [0.1, 0.15) is 16.7 Å². The van der Waals surface area contributed by atoms with E-state index in [9.17, 15) is 8.78 Å². The molecule has 0 fully saturated rings. The minimum atomic E-state index is -0.462. The molecule has 0 unspecified atom stereocenters. The van der Waals surface area contributed by atoms with E-state index in [0.29, 0.717) is 22.4 Å². The van der Waals surface area contributed by atoms with Crippen LogP contribution in [0.3, 0.4) is 0 Å². The summed E-state index contributed by atoms with van der Waals surface area (Å²) in [6.45, 7) is 1.77. The number of nitrogen functional groups attached to an aromatic ring is 1. The Morgan fingerprint density at radius 2 is 1.95 bits per heavy atom. The number of amidine groups is 1. The van der Waals surface area contributed by atoms with Crippen molar-refractivity contribution in [2.24, 2.45) is 5.73 Å². The second kappa shape index (κ2) is 5.69. The van der Waals surface area contributed by atoms with Gasteiger partial charge in [0, 0.05) is 11.1 Å². The maximum Gasteiger partial charge on any atom is 0.126 e. The van der Waals surface area contributed by atoms with Gasteiger partial charge in [-0.15, -0.1) is 0 Å². The minimum absolute atomic E-state index is 0.125. The van der Waals surface area contributed by atoms with Crippen LogP contribution in [0.4, 0.5) is 8.78 Å². The minimum Gasteiger partial charge on any atom is -0.489 e. The lowest BCUT2D eigenvalue weighted by Gasteiger charge is -2.11. The normalized spacial score (nSPS) is 10.3. The van der Waals surface area contributed by atoms with Crippen LogP contribution in [-0.2, 0) is 6.61 Å². The summed E-state index contributed by atoms with van der Waals surface area (Å²) < 4.78 is 31.8. The van der Waals surface area contributed by atoms with E-state index in [-0.39, 0.29) is 18.3 Å². The number of halogens is 2. The maximum absolute atomic E-state index is 13.1. The molecule has 0 saturated carbocycles. The fourth-order valence-corrected chi connectivity index (χ4v) is 1.79. The monoisotopic (exact) mass is 276 g/mol. The van der Waals surface area contributed by atoms with Gasteiger partial charge in [0.05, 0.1) is 0 Å². The van der Waals surface area contributed by atoms with Crippen LogP contribution in [0.15, 0.2) is 36.4 Å². The Morgan fingerprint density at radius 3 is 2.60 bits per heavy atom. The molecule has 0 atom stereocenters. The molecule has 0 aliphatic carbocycles. The third-order valence-corrected chi connectivity index (χ3v) is 2.89. The van der Waals surface area contributed by atoms with E-state index < -0.39 is 5.82 Å². The highest BCUT2D eigenvalue weighted by Gasteiger charge is 2.08. The fourth-order valence-electron chi connectivity index (χ4n) is 1.79. The first-order valence-electron chi connectivity index (χ1n) is 5.99. The smallest absolute Gasteiger partial charge is 0.126 e. The molecule has 0 radical (unpaired) electrons. The van der Waals surface area contributed by atoms with Gasteiger partial charge >= 0.3 is 0 Å². The maximum atomic E-state index is 13.1. The third-order valence-electron chi connectivity index (χ3n) is 2.89. The second-order valence-electron chi connectivity index (χ2n) is 4.41. The van der Waals surface area contributed by atoms with E-state index in [1.165, 1.54) is 30.3 Å². The lowest BCUT2D eigenvalue weighted by atomic mass is 10.1. The molecule has 0 heterocycles. The summed E-state index contributed by atoms with van der Waals surface area (Å²) in [5.41, 5.74) is 6.78. The van der Waals surface area contributed by atoms with Crippen LogP contribution >= 0.6 is 0 Å². The molecular weight excluding hydrogens is 262 g/mol. The second-order valence-corrected chi connectivity index (χ2v) is 4.41. The van der Waals surface area contributed by atoms with Crippen molar-refractivity contribution in [3.63, 3.8) is 0 Å². The molecule has 0 spiro atoms. The van der Waals surface area contributed by atoms with Gasteiger partial charge < -0.3 is 10.5 Å². The molecule has 2 aromatic rings. The van der Waals surface area contributed by atoms with Crippen molar-refractivity contribution in [2.75, 3.05) is 0 Å². The predicted molar refractivity (Wildman–Crippen MR) is 72.9 cm³/mol. The topological polar surface area (TPSA) is 59.1 Å². The van der Waals surface area contributed by atoms with Crippen LogP contribution in [0.5, 0.6) is 5.75 Å². The molecule has 104 valence electrons. The van der Waals surface area contributed by atoms with Gasteiger partial charge in [-0.2, -0.15) is 0 Å². The number of rotatable bonds is 4. The fraction of sp³-hybridized carbons (Fsp3) is 0.133. The first kappa shape index (κ1) is 14.0. The number of hydrogen-bond donors (Lipinski definition) is 2. The summed E-state index contributed by atoms with van der Waals surface area (Å²) in [6.07, 6.45) is 0. The molecule has 0 saturated heterocycles. The van der Waals surface area contributed by atoms with E-state index >= 15 is 0 Å². The zero-order chi connectivity index (χ0) is 14.7. The van der Waals surface area contributed by atoms with Crippen molar-refractivity contribution in [3.05, 3.63) is 64.7 Å². The van der Waals surface area contributed by atoms with Crippen LogP contribution in [-0.4, -0.2) is 5.84 Å². The molecule has 3 nitrogen and oxygen atoms in total. The summed E-state index contributed by atoms with van der Waals surface area (Å²) >= 11 is 0. The van der Waals surface area contributed by atoms with Gasteiger partial charge in [-0.3, -0.25) is 5.41 Å². The molecule has 5 heteroatoms. The highest BCUT2D eigenvalue weighted by Crippen LogP contribution is 2.19. The Bertz CT molecular complexity index is 656. The van der Waals surface area contributed by atoms with Gasteiger partial charge in [-0.25, -0.2) is 8.78 Å². The van der Waals surface area contributed by atoms with Gasteiger partial charge in [-0.1, -0.05) is 6.07 Å². The summed E-state index contributed by atoms with van der Waals surface area (Å²) in [7, 11) is 0. The Morgan fingerprint density at radius 1 is 1.20 bits per heavy atom. The van der Waals surface area contributed by atoms with Gasteiger partial charge in [0.15, 0.2) is 0 Å². The van der Waals surface area contributed by atoms with Crippen LogP contribution in [0.2, 0.25) is 0 Å². The number of nitrogens with one attached hydrogen (secondary N) is 1. The quantitative estimate of drug-likeness (QED) is 0.665. The molecule has 2 aromatic carbocycles. The molecule has 0 bridgehead atoms. The van der Waals surface area contributed by atoms with E-state index in [4.69, 9.17) is 15.9 Å². The lowest BCUT2D eigenvalue weighted by Crippen LogP contribution is -2.15. The highest BCUT2D eigenvalue weighted by molar-refractivity contribution is 5.96. The first-order chi connectivity index (χ1) is 9.47. The Labute approximate surface area is 115 Å². The Hall–Kier alpha value is -2.43. The van der Waals surface area contributed by atoms with Crippen molar-refractivity contribution >= 4 is 5.84 Å². The number of hydrogen-bond acceptors (Lipinski definition) is 2. The molecule has 0 aliphatic heterocycles. The SMILES string of the molecule is Cc1cc(OCc2ccc(F)cc2C(=N)N)ccc1F. The average molecular weight is 276 g/mol. The van der Waals surface area contributed by atoms with Crippen LogP contribution in [0.25, 0.3) is 0 Å². The Kier molecular flexibility index (Phi) is 3.98. The molecule has 0 aromatic heterocycles. The Balaban J connectivity index is 2.18. The lowest BCUT2D eigenvalue weighted by molar-refractivity contribution is 0.305. The van der Waals surface area contributed by atoms with Crippen molar-refractivity contribution in [2.45, 2.75) is 13.5 Å². The third kappa shape index (κ3) is 3.12. The van der Waals surface area contributed by atoms with Gasteiger partial charge in [-0.05, 0) is 42.8 Å².